The van der Waals surface area contributed by atoms with E-state index in [-0.39, 0.29) is 5.91 Å². The van der Waals surface area contributed by atoms with Crippen molar-refractivity contribution in [2.24, 2.45) is 0 Å². The van der Waals surface area contributed by atoms with Gasteiger partial charge in [0.1, 0.15) is 11.5 Å². The van der Waals surface area contributed by atoms with Gasteiger partial charge in [-0.05, 0) is 42.8 Å². The van der Waals surface area contributed by atoms with Crippen LogP contribution in [0.1, 0.15) is 15.9 Å². The first-order valence-electron chi connectivity index (χ1n) is 6.34. The van der Waals surface area contributed by atoms with Crippen molar-refractivity contribution in [2.45, 2.75) is 6.92 Å². The number of carbonyl (C=O) groups excluding carboxylic acids is 1. The van der Waals surface area contributed by atoms with Gasteiger partial charge in [0, 0.05) is 21.8 Å². The lowest BCUT2D eigenvalue weighted by atomic mass is 10.1. The molecule has 0 bridgehead atoms. The number of hydrogen-bond acceptors (Lipinski definition) is 3. The van der Waals surface area contributed by atoms with Crippen LogP contribution < -0.4 is 14.8 Å². The first kappa shape index (κ1) is 15.4. The van der Waals surface area contributed by atoms with Crippen LogP contribution in [0.2, 0.25) is 0 Å². The molecule has 4 nitrogen and oxygen atoms in total. The summed E-state index contributed by atoms with van der Waals surface area (Å²) in [6, 6.07) is 10.7. The zero-order chi connectivity index (χ0) is 15.4. The van der Waals surface area contributed by atoms with Gasteiger partial charge >= 0.3 is 0 Å². The van der Waals surface area contributed by atoms with Gasteiger partial charge in [0.25, 0.3) is 5.91 Å². The number of benzene rings is 2. The van der Waals surface area contributed by atoms with Crippen molar-refractivity contribution < 1.29 is 14.3 Å². The molecule has 0 saturated carbocycles. The Bertz CT molecular complexity index is 648. The minimum Gasteiger partial charge on any atom is -0.497 e. The van der Waals surface area contributed by atoms with Gasteiger partial charge in [-0.3, -0.25) is 4.79 Å². The second kappa shape index (κ2) is 6.63. The van der Waals surface area contributed by atoms with Crippen molar-refractivity contribution >= 4 is 27.5 Å². The molecule has 0 aliphatic carbocycles. The van der Waals surface area contributed by atoms with Gasteiger partial charge in [-0.1, -0.05) is 15.9 Å². The van der Waals surface area contributed by atoms with Crippen LogP contribution in [-0.2, 0) is 0 Å². The normalized spacial score (nSPS) is 10.1. The summed E-state index contributed by atoms with van der Waals surface area (Å²) in [6.07, 6.45) is 0. The number of rotatable bonds is 4. The number of halogens is 1. The lowest BCUT2D eigenvalue weighted by Gasteiger charge is -2.10. The second-order valence-electron chi connectivity index (χ2n) is 4.52. The van der Waals surface area contributed by atoms with Crippen molar-refractivity contribution in [2.75, 3.05) is 19.5 Å². The summed E-state index contributed by atoms with van der Waals surface area (Å²) in [5, 5.41) is 2.86. The smallest absolute Gasteiger partial charge is 0.255 e. The lowest BCUT2D eigenvalue weighted by molar-refractivity contribution is 0.102. The average molecular weight is 350 g/mol. The summed E-state index contributed by atoms with van der Waals surface area (Å²) in [5.41, 5.74) is 2.27. The van der Waals surface area contributed by atoms with Crippen molar-refractivity contribution in [1.82, 2.24) is 0 Å². The van der Waals surface area contributed by atoms with Gasteiger partial charge in [0.2, 0.25) is 0 Å². The Morgan fingerprint density at radius 2 is 1.67 bits per heavy atom. The Morgan fingerprint density at radius 3 is 2.19 bits per heavy atom. The summed E-state index contributed by atoms with van der Waals surface area (Å²) in [5.74, 6) is 0.937. The predicted molar refractivity (Wildman–Crippen MR) is 86.4 cm³/mol. The van der Waals surface area contributed by atoms with E-state index in [1.807, 2.05) is 25.1 Å². The molecule has 0 heterocycles. The third kappa shape index (κ3) is 3.76. The second-order valence-corrected chi connectivity index (χ2v) is 5.37. The van der Waals surface area contributed by atoms with Crippen molar-refractivity contribution in [3.05, 3.63) is 52.0 Å². The molecule has 1 N–H and O–H groups in total. The minimum absolute atomic E-state index is 0.214. The monoisotopic (exact) mass is 349 g/mol. The third-order valence-electron chi connectivity index (χ3n) is 3.03. The Hall–Kier alpha value is -2.01. The highest BCUT2D eigenvalue weighted by atomic mass is 79.9. The molecular formula is C16H16BrNO3. The topological polar surface area (TPSA) is 47.6 Å². The van der Waals surface area contributed by atoms with E-state index in [0.29, 0.717) is 17.1 Å². The molecular weight excluding hydrogens is 334 g/mol. The Kier molecular flexibility index (Phi) is 4.85. The largest absolute Gasteiger partial charge is 0.497 e. The summed E-state index contributed by atoms with van der Waals surface area (Å²) in [7, 11) is 3.10. The van der Waals surface area contributed by atoms with Crippen LogP contribution in [0.25, 0.3) is 0 Å². The molecule has 0 fully saturated rings. The Labute approximate surface area is 132 Å². The molecule has 2 aromatic rings. The first-order valence-corrected chi connectivity index (χ1v) is 7.13. The summed E-state index contributed by atoms with van der Waals surface area (Å²) in [6.45, 7) is 1.97. The van der Waals surface area contributed by atoms with E-state index in [1.165, 1.54) is 0 Å². The molecule has 0 unspecified atom stereocenters. The summed E-state index contributed by atoms with van der Waals surface area (Å²) < 4.78 is 11.3. The molecule has 0 spiro atoms. The highest BCUT2D eigenvalue weighted by molar-refractivity contribution is 9.10. The SMILES string of the molecule is COc1cc(OC)cc(C(=O)Nc2ccc(Br)c(C)c2)c1. The van der Waals surface area contributed by atoms with E-state index in [1.54, 1.807) is 32.4 Å². The highest BCUT2D eigenvalue weighted by Gasteiger charge is 2.10. The fourth-order valence-corrected chi connectivity index (χ4v) is 2.11. The number of anilines is 1. The molecule has 1 amide bonds. The molecule has 2 rings (SSSR count). The molecule has 5 heteroatoms. The number of carbonyl (C=O) groups is 1. The maximum absolute atomic E-state index is 12.3. The fraction of sp³-hybridized carbons (Fsp3) is 0.188. The van der Waals surface area contributed by atoms with Crippen molar-refractivity contribution in [3.63, 3.8) is 0 Å². The molecule has 0 aliphatic heterocycles. The summed E-state index contributed by atoms with van der Waals surface area (Å²) >= 11 is 3.43. The Balaban J connectivity index is 2.25. The molecule has 0 aliphatic rings. The van der Waals surface area contributed by atoms with Crippen LogP contribution in [0.3, 0.4) is 0 Å². The molecule has 21 heavy (non-hydrogen) atoms. The zero-order valence-corrected chi connectivity index (χ0v) is 13.7. The van der Waals surface area contributed by atoms with Gasteiger partial charge in [-0.2, -0.15) is 0 Å². The van der Waals surface area contributed by atoms with E-state index in [2.05, 4.69) is 21.2 Å². The standard InChI is InChI=1S/C16H16BrNO3/c1-10-6-12(4-5-15(10)17)18-16(19)11-7-13(20-2)9-14(8-11)21-3/h4-9H,1-3H3,(H,18,19). The maximum Gasteiger partial charge on any atom is 0.255 e. The van der Waals surface area contributed by atoms with E-state index >= 15 is 0 Å². The van der Waals surface area contributed by atoms with Crippen LogP contribution in [0, 0.1) is 6.92 Å². The number of nitrogens with one attached hydrogen (secondary N) is 1. The number of hydrogen-bond donors (Lipinski definition) is 1. The molecule has 0 atom stereocenters. The van der Waals surface area contributed by atoms with Gasteiger partial charge in [-0.25, -0.2) is 0 Å². The summed E-state index contributed by atoms with van der Waals surface area (Å²) in [4.78, 5) is 12.3. The molecule has 0 radical (unpaired) electrons. The average Bonchev–Trinajstić information content (AvgIpc) is 2.50. The van der Waals surface area contributed by atoms with Crippen LogP contribution >= 0.6 is 15.9 Å². The third-order valence-corrected chi connectivity index (χ3v) is 3.92. The Morgan fingerprint density at radius 1 is 1.05 bits per heavy atom. The molecule has 0 saturated heterocycles. The van der Waals surface area contributed by atoms with E-state index in [9.17, 15) is 4.79 Å². The number of methoxy groups -OCH3 is 2. The fourth-order valence-electron chi connectivity index (χ4n) is 1.86. The molecule has 2 aromatic carbocycles. The van der Waals surface area contributed by atoms with Gasteiger partial charge < -0.3 is 14.8 Å². The highest BCUT2D eigenvalue weighted by Crippen LogP contribution is 2.24. The maximum atomic E-state index is 12.3. The van der Waals surface area contributed by atoms with Gasteiger partial charge in [0.15, 0.2) is 0 Å². The quantitative estimate of drug-likeness (QED) is 0.906. The van der Waals surface area contributed by atoms with Crippen LogP contribution in [0.5, 0.6) is 11.5 Å². The number of aryl methyl sites for hydroxylation is 1. The lowest BCUT2D eigenvalue weighted by Crippen LogP contribution is -2.12. The molecule has 0 aromatic heterocycles. The van der Waals surface area contributed by atoms with Gasteiger partial charge in [0.05, 0.1) is 14.2 Å². The van der Waals surface area contributed by atoms with Crippen LogP contribution in [0.4, 0.5) is 5.69 Å². The van der Waals surface area contributed by atoms with E-state index < -0.39 is 0 Å². The van der Waals surface area contributed by atoms with Crippen molar-refractivity contribution in [1.29, 1.82) is 0 Å². The molecule has 110 valence electrons. The van der Waals surface area contributed by atoms with E-state index in [4.69, 9.17) is 9.47 Å². The van der Waals surface area contributed by atoms with Crippen molar-refractivity contribution in [3.8, 4) is 11.5 Å². The van der Waals surface area contributed by atoms with E-state index in [0.717, 1.165) is 15.7 Å². The first-order chi connectivity index (χ1) is 10.0. The van der Waals surface area contributed by atoms with Crippen LogP contribution in [-0.4, -0.2) is 20.1 Å². The van der Waals surface area contributed by atoms with Crippen LogP contribution in [0.15, 0.2) is 40.9 Å². The van der Waals surface area contributed by atoms with Gasteiger partial charge in [-0.15, -0.1) is 0 Å². The predicted octanol–water partition coefficient (Wildman–Crippen LogP) is 4.03. The number of amides is 1. The number of ether oxygens (including phenoxy) is 2. The zero-order valence-electron chi connectivity index (χ0n) is 12.1. The minimum atomic E-state index is -0.214.